The Labute approximate surface area is 136 Å². The first-order valence-corrected chi connectivity index (χ1v) is 8.29. The molecule has 2 N–H and O–H groups in total. The van der Waals surface area contributed by atoms with E-state index in [9.17, 15) is 4.79 Å². The van der Waals surface area contributed by atoms with E-state index in [1.54, 1.807) is 0 Å². The highest BCUT2D eigenvalue weighted by Gasteiger charge is 2.25. The summed E-state index contributed by atoms with van der Waals surface area (Å²) in [5, 5.41) is 1.22. The maximum atomic E-state index is 12.1. The molecular weight excluding hydrogens is 288 g/mol. The van der Waals surface area contributed by atoms with Crippen molar-refractivity contribution in [2.75, 3.05) is 6.61 Å². The number of aromatic nitrogens is 1. The Morgan fingerprint density at radius 3 is 3.09 bits per heavy atom. The average Bonchev–Trinajstić information content (AvgIpc) is 2.82. The first-order valence-electron chi connectivity index (χ1n) is 8.29. The van der Waals surface area contributed by atoms with Crippen LogP contribution in [0.25, 0.3) is 10.9 Å². The van der Waals surface area contributed by atoms with Gasteiger partial charge in [-0.25, -0.2) is 0 Å². The quantitative estimate of drug-likeness (QED) is 0.682. The second-order valence-electron chi connectivity index (χ2n) is 6.13. The van der Waals surface area contributed by atoms with Gasteiger partial charge in [0, 0.05) is 17.1 Å². The third-order valence-corrected chi connectivity index (χ3v) is 4.56. The molecule has 2 aromatic rings. The number of hydrogen-bond donors (Lipinski definition) is 1. The van der Waals surface area contributed by atoms with Crippen LogP contribution in [0.4, 0.5) is 0 Å². The molecule has 1 heterocycles. The minimum atomic E-state index is -0.185. The van der Waals surface area contributed by atoms with Crippen LogP contribution < -0.4 is 5.73 Å². The number of esters is 1. The van der Waals surface area contributed by atoms with Crippen LogP contribution in [-0.2, 0) is 35.3 Å². The Hall–Kier alpha value is -2.07. The van der Waals surface area contributed by atoms with Gasteiger partial charge in [-0.3, -0.25) is 4.79 Å². The molecule has 3 rings (SSSR count). The van der Waals surface area contributed by atoms with Crippen LogP contribution in [0.2, 0.25) is 0 Å². The zero-order valence-corrected chi connectivity index (χ0v) is 13.7. The number of para-hydroxylation sites is 1. The zero-order valence-electron chi connectivity index (χ0n) is 13.7. The molecule has 1 aromatic heterocycles. The smallest absolute Gasteiger partial charge is 0.325 e. The van der Waals surface area contributed by atoms with Crippen LogP contribution in [0.3, 0.4) is 0 Å². The van der Waals surface area contributed by atoms with Crippen molar-refractivity contribution < 1.29 is 9.53 Å². The highest BCUT2D eigenvalue weighted by Crippen LogP contribution is 2.34. The van der Waals surface area contributed by atoms with E-state index in [0.29, 0.717) is 6.61 Å². The maximum Gasteiger partial charge on any atom is 0.325 e. The first-order chi connectivity index (χ1) is 11.2. The number of carbonyl (C=O) groups excluding carboxylic acids is 1. The summed E-state index contributed by atoms with van der Waals surface area (Å²) in [6.07, 6.45) is 5.44. The lowest BCUT2D eigenvalue weighted by atomic mass is 9.91. The van der Waals surface area contributed by atoms with Crippen LogP contribution in [0.15, 0.2) is 30.9 Å². The number of rotatable bonds is 5. The standard InChI is InChI=1S/C19H24N2O2/c1-3-6-13-7-5-8-15-16-11-14(20)9-10-17(16)21(19(13)15)12-18(22)23-4-2/h3,5,7-8,14H,1,4,6,9-12,20H2,2H3. The number of hydrogen-bond acceptors (Lipinski definition) is 3. The van der Waals surface area contributed by atoms with Crippen molar-refractivity contribution in [3.8, 4) is 0 Å². The number of allylic oxidation sites excluding steroid dienone is 1. The molecule has 0 saturated heterocycles. The average molecular weight is 312 g/mol. The van der Waals surface area contributed by atoms with Crippen LogP contribution in [0, 0.1) is 0 Å². The molecule has 0 aliphatic heterocycles. The lowest BCUT2D eigenvalue weighted by Crippen LogP contribution is -2.28. The Bertz CT molecular complexity index is 745. The molecule has 0 spiro atoms. The van der Waals surface area contributed by atoms with Crippen molar-refractivity contribution in [1.82, 2.24) is 4.57 Å². The van der Waals surface area contributed by atoms with E-state index in [1.165, 1.54) is 22.2 Å². The van der Waals surface area contributed by atoms with Gasteiger partial charge in [-0.15, -0.1) is 6.58 Å². The van der Waals surface area contributed by atoms with Gasteiger partial charge in [-0.05, 0) is 43.7 Å². The van der Waals surface area contributed by atoms with Crippen molar-refractivity contribution in [2.24, 2.45) is 5.73 Å². The van der Waals surface area contributed by atoms with Crippen molar-refractivity contribution in [2.45, 2.75) is 45.2 Å². The predicted molar refractivity (Wildman–Crippen MR) is 92.5 cm³/mol. The molecular formula is C19H24N2O2. The van der Waals surface area contributed by atoms with Gasteiger partial charge in [0.25, 0.3) is 0 Å². The summed E-state index contributed by atoms with van der Waals surface area (Å²) in [5.74, 6) is -0.185. The molecule has 1 aliphatic carbocycles. The summed E-state index contributed by atoms with van der Waals surface area (Å²) in [4.78, 5) is 12.1. The van der Waals surface area contributed by atoms with Gasteiger partial charge >= 0.3 is 5.97 Å². The van der Waals surface area contributed by atoms with Crippen molar-refractivity contribution in [1.29, 1.82) is 0 Å². The van der Waals surface area contributed by atoms with E-state index in [1.807, 2.05) is 13.0 Å². The number of ether oxygens (including phenoxy) is 1. The third-order valence-electron chi connectivity index (χ3n) is 4.56. The van der Waals surface area contributed by atoms with Gasteiger partial charge in [0.05, 0.1) is 12.1 Å². The van der Waals surface area contributed by atoms with Gasteiger partial charge < -0.3 is 15.0 Å². The first kappa shape index (κ1) is 15.8. The molecule has 0 fully saturated rings. The summed E-state index contributed by atoms with van der Waals surface area (Å²) in [6.45, 7) is 6.37. The van der Waals surface area contributed by atoms with E-state index in [4.69, 9.17) is 10.5 Å². The molecule has 1 aliphatic rings. The summed E-state index contributed by atoms with van der Waals surface area (Å²) in [6, 6.07) is 6.53. The van der Waals surface area contributed by atoms with E-state index in [2.05, 4.69) is 29.3 Å². The molecule has 1 aromatic carbocycles. The lowest BCUT2D eigenvalue weighted by molar-refractivity contribution is -0.143. The molecule has 23 heavy (non-hydrogen) atoms. The maximum absolute atomic E-state index is 12.1. The predicted octanol–water partition coefficient (Wildman–Crippen LogP) is 2.75. The van der Waals surface area contributed by atoms with E-state index in [-0.39, 0.29) is 18.6 Å². The molecule has 4 heteroatoms. The van der Waals surface area contributed by atoms with Crippen LogP contribution in [0.1, 0.15) is 30.2 Å². The Morgan fingerprint density at radius 2 is 2.35 bits per heavy atom. The van der Waals surface area contributed by atoms with E-state index < -0.39 is 0 Å². The fourth-order valence-electron chi connectivity index (χ4n) is 3.64. The molecule has 4 nitrogen and oxygen atoms in total. The largest absolute Gasteiger partial charge is 0.465 e. The number of nitrogens with zero attached hydrogens (tertiary/aromatic N) is 1. The molecule has 0 amide bonds. The highest BCUT2D eigenvalue weighted by molar-refractivity contribution is 5.90. The second-order valence-corrected chi connectivity index (χ2v) is 6.13. The topological polar surface area (TPSA) is 57.2 Å². The lowest BCUT2D eigenvalue weighted by Gasteiger charge is -2.20. The fourth-order valence-corrected chi connectivity index (χ4v) is 3.64. The normalized spacial score (nSPS) is 17.0. The van der Waals surface area contributed by atoms with Gasteiger partial charge in [0.15, 0.2) is 0 Å². The molecule has 1 unspecified atom stereocenters. The molecule has 1 atom stereocenters. The molecule has 0 radical (unpaired) electrons. The number of nitrogens with two attached hydrogens (primary N) is 1. The fraction of sp³-hybridized carbons (Fsp3) is 0.421. The number of benzene rings is 1. The van der Waals surface area contributed by atoms with Crippen LogP contribution in [0.5, 0.6) is 0 Å². The minimum absolute atomic E-state index is 0.185. The Balaban J connectivity index is 2.18. The third kappa shape index (κ3) is 2.91. The van der Waals surface area contributed by atoms with Crippen molar-refractivity contribution in [3.05, 3.63) is 47.7 Å². The van der Waals surface area contributed by atoms with Gasteiger partial charge in [-0.1, -0.05) is 24.3 Å². The number of carbonyl (C=O) groups is 1. The monoisotopic (exact) mass is 312 g/mol. The van der Waals surface area contributed by atoms with Gasteiger partial charge in [0.1, 0.15) is 6.54 Å². The van der Waals surface area contributed by atoms with Gasteiger partial charge in [0.2, 0.25) is 0 Å². The summed E-state index contributed by atoms with van der Waals surface area (Å²) in [5.41, 5.74) is 11.1. The van der Waals surface area contributed by atoms with Crippen molar-refractivity contribution in [3.63, 3.8) is 0 Å². The Morgan fingerprint density at radius 1 is 1.52 bits per heavy atom. The molecule has 122 valence electrons. The summed E-state index contributed by atoms with van der Waals surface area (Å²) >= 11 is 0. The van der Waals surface area contributed by atoms with E-state index in [0.717, 1.165) is 31.2 Å². The highest BCUT2D eigenvalue weighted by atomic mass is 16.5. The van der Waals surface area contributed by atoms with Crippen LogP contribution >= 0.6 is 0 Å². The second kappa shape index (κ2) is 6.59. The molecule has 0 bridgehead atoms. The van der Waals surface area contributed by atoms with Gasteiger partial charge in [-0.2, -0.15) is 0 Å². The van der Waals surface area contributed by atoms with Crippen molar-refractivity contribution >= 4 is 16.9 Å². The number of fused-ring (bicyclic) bond motifs is 3. The molecule has 0 saturated carbocycles. The summed E-state index contributed by atoms with van der Waals surface area (Å²) in [7, 11) is 0. The minimum Gasteiger partial charge on any atom is -0.465 e. The Kier molecular flexibility index (Phi) is 4.53. The SMILES string of the molecule is C=CCc1cccc2c3c(n(CC(=O)OCC)c12)CCC(N)C3. The summed E-state index contributed by atoms with van der Waals surface area (Å²) < 4.78 is 7.32. The van der Waals surface area contributed by atoms with E-state index >= 15 is 0 Å². The zero-order chi connectivity index (χ0) is 16.4. The van der Waals surface area contributed by atoms with Crippen LogP contribution in [-0.4, -0.2) is 23.2 Å².